The van der Waals surface area contributed by atoms with E-state index in [9.17, 15) is 4.79 Å². The highest BCUT2D eigenvalue weighted by Gasteiger charge is 2.35. The average molecular weight is 387 g/mol. The number of hydrogen-bond acceptors (Lipinski definition) is 4. The van der Waals surface area contributed by atoms with Crippen LogP contribution in [0.5, 0.6) is 11.5 Å². The fourth-order valence-electron chi connectivity index (χ4n) is 3.66. The van der Waals surface area contributed by atoms with E-state index < -0.39 is 0 Å². The highest BCUT2D eigenvalue weighted by atomic mass is 35.5. The quantitative estimate of drug-likeness (QED) is 0.880. The molecule has 0 aromatic heterocycles. The molecule has 0 spiro atoms. The SMILES string of the molecule is COc1ccc2c(c1)C=C(C(=O)N1C[C@@H](N)[C@H](c3ccccc3)C1)CO2.Cl. The number of carbonyl (C=O) groups excluding carboxylic acids is 1. The average Bonchev–Trinajstić information content (AvgIpc) is 3.08. The van der Waals surface area contributed by atoms with Crippen molar-refractivity contribution in [3.63, 3.8) is 0 Å². The summed E-state index contributed by atoms with van der Waals surface area (Å²) in [4.78, 5) is 14.8. The van der Waals surface area contributed by atoms with E-state index in [-0.39, 0.29) is 36.9 Å². The number of fused-ring (bicyclic) bond motifs is 1. The van der Waals surface area contributed by atoms with Crippen LogP contribution in [0.4, 0.5) is 0 Å². The minimum atomic E-state index is -0.0566. The fourth-order valence-corrected chi connectivity index (χ4v) is 3.66. The molecule has 0 bridgehead atoms. The van der Waals surface area contributed by atoms with Gasteiger partial charge in [-0.25, -0.2) is 0 Å². The zero-order chi connectivity index (χ0) is 18.1. The van der Waals surface area contributed by atoms with Crippen LogP contribution >= 0.6 is 12.4 Å². The van der Waals surface area contributed by atoms with E-state index in [1.165, 1.54) is 5.56 Å². The molecular weight excluding hydrogens is 364 g/mol. The lowest BCUT2D eigenvalue weighted by atomic mass is 9.95. The van der Waals surface area contributed by atoms with E-state index in [4.69, 9.17) is 15.2 Å². The van der Waals surface area contributed by atoms with Gasteiger partial charge in [0.25, 0.3) is 5.91 Å². The number of ether oxygens (including phenoxy) is 2. The van der Waals surface area contributed by atoms with Gasteiger partial charge >= 0.3 is 0 Å². The molecule has 27 heavy (non-hydrogen) atoms. The summed E-state index contributed by atoms with van der Waals surface area (Å²) < 4.78 is 11.0. The Kier molecular flexibility index (Phi) is 5.73. The molecule has 2 aliphatic heterocycles. The molecule has 2 aromatic carbocycles. The normalized spacial score (nSPS) is 20.8. The molecule has 2 atom stereocenters. The lowest BCUT2D eigenvalue weighted by Crippen LogP contribution is -2.34. The molecule has 4 rings (SSSR count). The maximum atomic E-state index is 13.0. The van der Waals surface area contributed by atoms with Crippen LogP contribution < -0.4 is 15.2 Å². The van der Waals surface area contributed by atoms with Crippen LogP contribution in [0.2, 0.25) is 0 Å². The third-order valence-corrected chi connectivity index (χ3v) is 5.08. The van der Waals surface area contributed by atoms with Crippen LogP contribution in [0.15, 0.2) is 54.1 Å². The van der Waals surface area contributed by atoms with Crippen LogP contribution in [0.3, 0.4) is 0 Å². The number of carbonyl (C=O) groups is 1. The number of rotatable bonds is 3. The van der Waals surface area contributed by atoms with E-state index in [0.717, 1.165) is 17.1 Å². The fraction of sp³-hybridized carbons (Fsp3) is 0.286. The Morgan fingerprint density at radius 1 is 1.19 bits per heavy atom. The Balaban J connectivity index is 0.00000210. The Morgan fingerprint density at radius 2 is 1.96 bits per heavy atom. The molecule has 2 N–H and O–H groups in total. The second kappa shape index (κ2) is 8.03. The summed E-state index contributed by atoms with van der Waals surface area (Å²) >= 11 is 0. The molecule has 2 heterocycles. The lowest BCUT2D eigenvalue weighted by Gasteiger charge is -2.22. The summed E-state index contributed by atoms with van der Waals surface area (Å²) in [6, 6.07) is 15.7. The highest BCUT2D eigenvalue weighted by molar-refractivity contribution is 5.99. The predicted molar refractivity (Wildman–Crippen MR) is 107 cm³/mol. The van der Waals surface area contributed by atoms with Crippen molar-refractivity contribution in [2.45, 2.75) is 12.0 Å². The van der Waals surface area contributed by atoms with Gasteiger partial charge in [0.1, 0.15) is 18.1 Å². The van der Waals surface area contributed by atoms with Crippen LogP contribution in [0.25, 0.3) is 6.08 Å². The zero-order valence-electron chi connectivity index (χ0n) is 15.1. The molecule has 1 fully saturated rings. The molecule has 5 nitrogen and oxygen atoms in total. The summed E-state index contributed by atoms with van der Waals surface area (Å²) in [6.07, 6.45) is 1.89. The maximum Gasteiger partial charge on any atom is 0.253 e. The molecule has 2 aliphatic rings. The van der Waals surface area contributed by atoms with Crippen molar-refractivity contribution in [1.82, 2.24) is 4.90 Å². The summed E-state index contributed by atoms with van der Waals surface area (Å²) in [7, 11) is 1.62. The van der Waals surface area contributed by atoms with Gasteiger partial charge < -0.3 is 20.1 Å². The van der Waals surface area contributed by atoms with Crippen molar-refractivity contribution >= 4 is 24.4 Å². The van der Waals surface area contributed by atoms with Gasteiger partial charge in [-0.05, 0) is 29.8 Å². The molecule has 0 unspecified atom stereocenters. The number of likely N-dealkylation sites (tertiary alicyclic amines) is 1. The zero-order valence-corrected chi connectivity index (χ0v) is 15.9. The molecule has 0 radical (unpaired) electrons. The van der Waals surface area contributed by atoms with E-state index in [0.29, 0.717) is 18.7 Å². The monoisotopic (exact) mass is 386 g/mol. The first kappa shape index (κ1) is 19.3. The smallest absolute Gasteiger partial charge is 0.253 e. The topological polar surface area (TPSA) is 64.8 Å². The number of nitrogens with two attached hydrogens (primary N) is 1. The molecule has 0 saturated carbocycles. The van der Waals surface area contributed by atoms with Crippen molar-refractivity contribution in [2.75, 3.05) is 26.8 Å². The molecule has 6 heteroatoms. The summed E-state index contributed by atoms with van der Waals surface area (Å²) in [6.45, 7) is 1.47. The van der Waals surface area contributed by atoms with Gasteiger partial charge in [-0.1, -0.05) is 30.3 Å². The van der Waals surface area contributed by atoms with Gasteiger partial charge in [-0.15, -0.1) is 12.4 Å². The van der Waals surface area contributed by atoms with Crippen molar-refractivity contribution < 1.29 is 14.3 Å². The van der Waals surface area contributed by atoms with Gasteiger partial charge in [0.2, 0.25) is 0 Å². The third-order valence-electron chi connectivity index (χ3n) is 5.08. The third kappa shape index (κ3) is 3.80. The Labute approximate surface area is 165 Å². The number of methoxy groups -OCH3 is 1. The van der Waals surface area contributed by atoms with Crippen molar-refractivity contribution in [3.05, 3.63) is 65.2 Å². The highest BCUT2D eigenvalue weighted by Crippen LogP contribution is 2.32. The Bertz CT molecular complexity index is 854. The van der Waals surface area contributed by atoms with Crippen molar-refractivity contribution in [2.24, 2.45) is 5.73 Å². The Morgan fingerprint density at radius 3 is 2.70 bits per heavy atom. The molecule has 0 aliphatic carbocycles. The number of nitrogens with zero attached hydrogens (tertiary/aromatic N) is 1. The number of benzene rings is 2. The first-order chi connectivity index (χ1) is 12.7. The van der Waals surface area contributed by atoms with Crippen LogP contribution in [-0.4, -0.2) is 43.7 Å². The largest absolute Gasteiger partial charge is 0.497 e. The summed E-state index contributed by atoms with van der Waals surface area (Å²) in [5.41, 5.74) is 9.01. The molecule has 142 valence electrons. The van der Waals surface area contributed by atoms with Crippen molar-refractivity contribution in [1.29, 1.82) is 0 Å². The van der Waals surface area contributed by atoms with E-state index in [2.05, 4.69) is 12.1 Å². The molecule has 2 aromatic rings. The number of hydrogen-bond donors (Lipinski definition) is 1. The molecular formula is C21H23ClN2O3. The van der Waals surface area contributed by atoms with E-state index in [1.807, 2.05) is 47.4 Å². The van der Waals surface area contributed by atoms with E-state index in [1.54, 1.807) is 7.11 Å². The second-order valence-corrected chi connectivity index (χ2v) is 6.75. The Hall–Kier alpha value is -2.50. The maximum absolute atomic E-state index is 13.0. The minimum Gasteiger partial charge on any atom is -0.497 e. The van der Waals surface area contributed by atoms with E-state index >= 15 is 0 Å². The molecule has 1 amide bonds. The first-order valence-corrected chi connectivity index (χ1v) is 8.77. The van der Waals surface area contributed by atoms with Gasteiger partial charge in [0.15, 0.2) is 0 Å². The number of halogens is 1. The number of amides is 1. The predicted octanol–water partition coefficient (Wildman–Crippen LogP) is 2.85. The second-order valence-electron chi connectivity index (χ2n) is 6.75. The van der Waals surface area contributed by atoms with Crippen LogP contribution in [0, 0.1) is 0 Å². The lowest BCUT2D eigenvalue weighted by molar-refractivity contribution is -0.126. The first-order valence-electron chi connectivity index (χ1n) is 8.77. The van der Waals surface area contributed by atoms with Crippen molar-refractivity contribution in [3.8, 4) is 11.5 Å². The van der Waals surface area contributed by atoms with Gasteiger partial charge in [-0.3, -0.25) is 4.79 Å². The standard InChI is InChI=1S/C21H22N2O3.ClH/c1-25-17-7-8-20-15(10-17)9-16(13-26-20)21(24)23-11-18(19(22)12-23)14-5-3-2-4-6-14;/h2-10,18-19H,11-13,22H2,1H3;1H/t18-,19+;/m0./s1. The van der Waals surface area contributed by atoms with Crippen LogP contribution in [-0.2, 0) is 4.79 Å². The van der Waals surface area contributed by atoms with Crippen LogP contribution in [0.1, 0.15) is 17.0 Å². The van der Waals surface area contributed by atoms with Gasteiger partial charge in [-0.2, -0.15) is 0 Å². The minimum absolute atomic E-state index is 0. The summed E-state index contributed by atoms with van der Waals surface area (Å²) in [5.74, 6) is 1.66. The molecule has 1 saturated heterocycles. The van der Waals surface area contributed by atoms with Gasteiger partial charge in [0, 0.05) is 30.6 Å². The summed E-state index contributed by atoms with van der Waals surface area (Å²) in [5, 5.41) is 0. The van der Waals surface area contributed by atoms with Gasteiger partial charge in [0.05, 0.1) is 12.7 Å².